The molecule has 0 N–H and O–H groups in total. The Morgan fingerprint density at radius 2 is 1.54 bits per heavy atom. The Hall–Kier alpha value is -3.12. The van der Waals surface area contributed by atoms with Gasteiger partial charge in [0.05, 0.1) is 24.8 Å². The zero-order chi connectivity index (χ0) is 19.7. The van der Waals surface area contributed by atoms with Gasteiger partial charge in [-0.3, -0.25) is 19.3 Å². The van der Waals surface area contributed by atoms with E-state index in [1.807, 2.05) is 42.5 Å². The molecule has 0 bridgehead atoms. The van der Waals surface area contributed by atoms with Crippen LogP contribution in [0.3, 0.4) is 0 Å². The number of rotatable bonds is 5. The van der Waals surface area contributed by atoms with Crippen LogP contribution in [-0.2, 0) is 9.53 Å². The van der Waals surface area contributed by atoms with E-state index in [2.05, 4.69) is 0 Å². The van der Waals surface area contributed by atoms with Crippen molar-refractivity contribution in [2.24, 2.45) is 0 Å². The smallest absolute Gasteiger partial charge is 0.321 e. The average Bonchev–Trinajstić information content (AvgIpc) is 2.97. The average molecular weight is 391 g/mol. The molecular weight excluding hydrogens is 374 g/mol. The lowest BCUT2D eigenvalue weighted by Gasteiger charge is -2.20. The number of amides is 2. The number of nitrogens with zero attached hydrogens (tertiary/aromatic N) is 1. The number of ether oxygens (including phenoxy) is 1. The predicted octanol–water partition coefficient (Wildman–Crippen LogP) is 3.77. The maximum atomic E-state index is 12.6. The SMILES string of the molecule is COC(=O)[C@H](CN1C(=O)c2ccccc2C1=O)Sc1ccc2ccccc2c1. The maximum Gasteiger partial charge on any atom is 0.321 e. The van der Waals surface area contributed by atoms with Gasteiger partial charge in [0, 0.05) is 4.90 Å². The summed E-state index contributed by atoms with van der Waals surface area (Å²) in [6.07, 6.45) is 0. The monoisotopic (exact) mass is 391 g/mol. The molecule has 1 heterocycles. The summed E-state index contributed by atoms with van der Waals surface area (Å²) < 4.78 is 4.92. The van der Waals surface area contributed by atoms with E-state index in [1.165, 1.54) is 18.9 Å². The lowest BCUT2D eigenvalue weighted by molar-refractivity contribution is -0.140. The minimum atomic E-state index is -0.714. The summed E-state index contributed by atoms with van der Waals surface area (Å²) in [7, 11) is 1.30. The third-order valence-electron chi connectivity index (χ3n) is 4.69. The van der Waals surface area contributed by atoms with Gasteiger partial charge in [0.2, 0.25) is 0 Å². The first-order valence-corrected chi connectivity index (χ1v) is 9.65. The van der Waals surface area contributed by atoms with Gasteiger partial charge in [-0.25, -0.2) is 0 Å². The Labute approximate surface area is 166 Å². The van der Waals surface area contributed by atoms with Crippen LogP contribution < -0.4 is 0 Å². The number of hydrogen-bond donors (Lipinski definition) is 0. The van der Waals surface area contributed by atoms with Crippen LogP contribution in [0.1, 0.15) is 20.7 Å². The number of benzene rings is 3. The molecule has 3 aromatic rings. The molecule has 0 aromatic heterocycles. The van der Waals surface area contributed by atoms with Crippen molar-refractivity contribution in [1.82, 2.24) is 4.90 Å². The molecule has 0 radical (unpaired) electrons. The standard InChI is InChI=1S/C22H17NO4S/c1-27-22(26)19(28-16-11-10-14-6-2-3-7-15(14)12-16)13-23-20(24)17-8-4-5-9-18(17)21(23)25/h2-12,19H,13H2,1H3/t19-/m0/s1. The molecule has 0 spiro atoms. The third kappa shape index (κ3) is 3.27. The molecule has 0 unspecified atom stereocenters. The first kappa shape index (κ1) is 18.3. The number of hydrogen-bond acceptors (Lipinski definition) is 5. The third-order valence-corrected chi connectivity index (χ3v) is 5.84. The van der Waals surface area contributed by atoms with E-state index >= 15 is 0 Å². The van der Waals surface area contributed by atoms with E-state index in [0.717, 1.165) is 20.6 Å². The molecule has 0 fully saturated rings. The summed E-state index contributed by atoms with van der Waals surface area (Å²) >= 11 is 1.29. The van der Waals surface area contributed by atoms with Gasteiger partial charge in [0.15, 0.2) is 0 Å². The highest BCUT2D eigenvalue weighted by atomic mass is 32.2. The molecule has 6 heteroatoms. The molecule has 0 saturated carbocycles. The van der Waals surface area contributed by atoms with Gasteiger partial charge in [-0.2, -0.15) is 0 Å². The summed E-state index contributed by atoms with van der Waals surface area (Å²) in [5.74, 6) is -1.24. The second-order valence-corrected chi connectivity index (χ2v) is 7.68. The van der Waals surface area contributed by atoms with Crippen LogP contribution >= 0.6 is 11.8 Å². The first-order chi connectivity index (χ1) is 13.6. The Balaban J connectivity index is 1.59. The molecule has 3 aromatic carbocycles. The fourth-order valence-corrected chi connectivity index (χ4v) is 4.35. The number of carbonyl (C=O) groups excluding carboxylic acids is 3. The minimum absolute atomic E-state index is 0.0451. The Morgan fingerprint density at radius 3 is 2.18 bits per heavy atom. The van der Waals surface area contributed by atoms with Crippen molar-refractivity contribution >= 4 is 40.3 Å². The van der Waals surface area contributed by atoms with Gasteiger partial charge in [-0.05, 0) is 35.0 Å². The van der Waals surface area contributed by atoms with Crippen molar-refractivity contribution < 1.29 is 19.1 Å². The number of imide groups is 1. The Bertz CT molecular complexity index is 1060. The van der Waals surface area contributed by atoms with Gasteiger partial charge < -0.3 is 4.74 Å². The van der Waals surface area contributed by atoms with E-state index in [-0.39, 0.29) is 18.4 Å². The molecule has 5 nitrogen and oxygen atoms in total. The van der Waals surface area contributed by atoms with Crippen LogP contribution in [0.4, 0.5) is 0 Å². The van der Waals surface area contributed by atoms with Crippen LogP contribution in [0, 0.1) is 0 Å². The molecule has 1 atom stereocenters. The summed E-state index contributed by atoms with van der Waals surface area (Å²) in [6, 6.07) is 20.5. The zero-order valence-electron chi connectivity index (χ0n) is 15.1. The molecule has 1 aliphatic heterocycles. The Morgan fingerprint density at radius 1 is 0.929 bits per heavy atom. The molecule has 28 heavy (non-hydrogen) atoms. The number of methoxy groups -OCH3 is 1. The number of carbonyl (C=O) groups is 3. The molecule has 140 valence electrons. The van der Waals surface area contributed by atoms with Crippen LogP contribution in [0.25, 0.3) is 10.8 Å². The van der Waals surface area contributed by atoms with Gasteiger partial charge in [-0.15, -0.1) is 11.8 Å². The molecule has 0 saturated heterocycles. The zero-order valence-corrected chi connectivity index (χ0v) is 15.9. The van der Waals surface area contributed by atoms with Gasteiger partial charge >= 0.3 is 5.97 Å². The molecule has 2 amide bonds. The normalized spacial score (nSPS) is 14.2. The fourth-order valence-electron chi connectivity index (χ4n) is 3.27. The van der Waals surface area contributed by atoms with Crippen molar-refractivity contribution in [3.63, 3.8) is 0 Å². The quantitative estimate of drug-likeness (QED) is 0.376. The van der Waals surface area contributed by atoms with Crippen molar-refractivity contribution in [3.05, 3.63) is 77.9 Å². The molecule has 0 aliphatic carbocycles. The lowest BCUT2D eigenvalue weighted by atomic mass is 10.1. The first-order valence-electron chi connectivity index (χ1n) is 8.77. The summed E-state index contributed by atoms with van der Waals surface area (Å²) in [5.41, 5.74) is 0.735. The number of esters is 1. The van der Waals surface area contributed by atoms with Crippen molar-refractivity contribution in [2.45, 2.75) is 10.1 Å². The minimum Gasteiger partial charge on any atom is -0.468 e. The highest BCUT2D eigenvalue weighted by Crippen LogP contribution is 2.30. The van der Waals surface area contributed by atoms with Crippen molar-refractivity contribution in [3.8, 4) is 0 Å². The highest BCUT2D eigenvalue weighted by Gasteiger charge is 2.38. The highest BCUT2D eigenvalue weighted by molar-refractivity contribution is 8.00. The lowest BCUT2D eigenvalue weighted by Crippen LogP contribution is -2.39. The van der Waals surface area contributed by atoms with Crippen molar-refractivity contribution in [1.29, 1.82) is 0 Å². The van der Waals surface area contributed by atoms with E-state index in [0.29, 0.717) is 11.1 Å². The summed E-state index contributed by atoms with van der Waals surface area (Å²) in [4.78, 5) is 39.6. The Kier molecular flexibility index (Phi) is 4.88. The summed E-state index contributed by atoms with van der Waals surface area (Å²) in [5, 5.41) is 1.44. The largest absolute Gasteiger partial charge is 0.468 e. The maximum absolute atomic E-state index is 12.6. The van der Waals surface area contributed by atoms with Gasteiger partial charge in [-0.1, -0.05) is 42.5 Å². The predicted molar refractivity (Wildman–Crippen MR) is 107 cm³/mol. The summed E-state index contributed by atoms with van der Waals surface area (Å²) in [6.45, 7) is -0.0451. The van der Waals surface area contributed by atoms with E-state index in [1.54, 1.807) is 24.3 Å². The van der Waals surface area contributed by atoms with E-state index < -0.39 is 11.2 Å². The van der Waals surface area contributed by atoms with Crippen LogP contribution in [0.15, 0.2) is 71.6 Å². The molecular formula is C22H17NO4S. The molecule has 1 aliphatic rings. The van der Waals surface area contributed by atoms with Gasteiger partial charge in [0.1, 0.15) is 5.25 Å². The van der Waals surface area contributed by atoms with Crippen molar-refractivity contribution in [2.75, 3.05) is 13.7 Å². The second kappa shape index (κ2) is 7.48. The number of fused-ring (bicyclic) bond motifs is 2. The van der Waals surface area contributed by atoms with Crippen LogP contribution in [-0.4, -0.2) is 41.6 Å². The second-order valence-electron chi connectivity index (χ2n) is 6.41. The van der Waals surface area contributed by atoms with E-state index in [4.69, 9.17) is 4.74 Å². The number of thioether (sulfide) groups is 1. The van der Waals surface area contributed by atoms with Crippen LogP contribution in [0.5, 0.6) is 0 Å². The van der Waals surface area contributed by atoms with Gasteiger partial charge in [0.25, 0.3) is 11.8 Å². The van der Waals surface area contributed by atoms with Crippen LogP contribution in [0.2, 0.25) is 0 Å². The topological polar surface area (TPSA) is 63.7 Å². The van der Waals surface area contributed by atoms with E-state index in [9.17, 15) is 14.4 Å². The fraction of sp³-hybridized carbons (Fsp3) is 0.136. The molecule has 4 rings (SSSR count).